The predicted octanol–water partition coefficient (Wildman–Crippen LogP) is 4.19. The van der Waals surface area contributed by atoms with E-state index in [1.54, 1.807) is 52.8 Å². The highest BCUT2D eigenvalue weighted by Gasteiger charge is 2.10. The molecule has 3 rings (SSSR count). The van der Waals surface area contributed by atoms with Crippen LogP contribution in [0, 0.1) is 0 Å². The molecule has 12 heteroatoms. The van der Waals surface area contributed by atoms with Gasteiger partial charge in [0, 0.05) is 8.51 Å². The summed E-state index contributed by atoms with van der Waals surface area (Å²) in [7, 11) is 2.11. The number of carbonyl (C=O) groups excluding carboxylic acids is 2. The lowest BCUT2D eigenvalue weighted by molar-refractivity contribution is 0.0591. The van der Waals surface area contributed by atoms with Crippen molar-refractivity contribution in [2.24, 2.45) is 0 Å². The summed E-state index contributed by atoms with van der Waals surface area (Å²) in [5.74, 6) is 0.274. The number of nitrogens with zero attached hydrogens (tertiary/aromatic N) is 2. The fourth-order valence-electron chi connectivity index (χ4n) is 2.05. The summed E-state index contributed by atoms with van der Waals surface area (Å²) in [6.07, 6.45) is 0. The van der Waals surface area contributed by atoms with Crippen LogP contribution in [0.1, 0.15) is 20.7 Å². The molecule has 2 atom stereocenters. The summed E-state index contributed by atoms with van der Waals surface area (Å²) < 4.78 is 24.3. The molecule has 28 heavy (non-hydrogen) atoms. The molecular formula is C16H16N3O6P3. The second-order valence-corrected chi connectivity index (χ2v) is 9.02. The van der Waals surface area contributed by atoms with Crippen molar-refractivity contribution in [2.45, 2.75) is 0 Å². The summed E-state index contributed by atoms with van der Waals surface area (Å²) >= 11 is 0. The van der Waals surface area contributed by atoms with Crippen LogP contribution in [-0.4, -0.2) is 39.4 Å². The molecule has 1 aromatic heterocycles. The molecule has 0 aliphatic carbocycles. The first-order valence-electron chi connectivity index (χ1n) is 7.85. The Hall–Kier alpha value is -2.72. The lowest BCUT2D eigenvalue weighted by Crippen LogP contribution is -2.05. The summed E-state index contributed by atoms with van der Waals surface area (Å²) in [6.45, 7) is 0. The number of methoxy groups -OCH3 is 2. The minimum atomic E-state index is -1.33. The molecule has 0 fully saturated rings. The van der Waals surface area contributed by atoms with Crippen molar-refractivity contribution in [3.8, 4) is 11.5 Å². The normalized spacial score (nSPS) is 11.3. The average molecular weight is 439 g/mol. The molecule has 0 saturated carbocycles. The van der Waals surface area contributed by atoms with Gasteiger partial charge < -0.3 is 18.8 Å². The summed E-state index contributed by atoms with van der Waals surface area (Å²) in [5.41, 5.74) is 0.868. The minimum absolute atomic E-state index is 0.178. The number of aromatic amines is 1. The number of nitrogens with one attached hydrogen (secondary N) is 1. The fourth-order valence-corrected chi connectivity index (χ4v) is 5.84. The maximum atomic E-state index is 11.5. The maximum Gasteiger partial charge on any atom is 0.337 e. The number of carbonyl (C=O) groups is 2. The highest BCUT2D eigenvalue weighted by molar-refractivity contribution is 7.51. The zero-order valence-corrected chi connectivity index (χ0v) is 17.6. The number of hydrogen-bond acceptors (Lipinski definition) is 7. The van der Waals surface area contributed by atoms with Crippen molar-refractivity contribution in [2.75, 3.05) is 14.2 Å². The Labute approximate surface area is 164 Å². The van der Waals surface area contributed by atoms with Gasteiger partial charge in [0.05, 0.1) is 25.3 Å². The van der Waals surface area contributed by atoms with E-state index in [2.05, 4.69) is 18.5 Å². The molecule has 0 radical (unpaired) electrons. The zero-order chi connectivity index (χ0) is 19.9. The van der Waals surface area contributed by atoms with Gasteiger partial charge >= 0.3 is 11.9 Å². The van der Waals surface area contributed by atoms with E-state index in [4.69, 9.17) is 9.36 Å². The number of hydrogen-bond donors (Lipinski definition) is 1. The van der Waals surface area contributed by atoms with Crippen LogP contribution in [-0.2, 0) is 9.47 Å². The molecule has 2 aromatic carbocycles. The molecule has 0 saturated heterocycles. The smallest absolute Gasteiger partial charge is 0.337 e. The van der Waals surface area contributed by atoms with E-state index < -0.39 is 20.0 Å². The second-order valence-electron chi connectivity index (χ2n) is 5.15. The largest absolute Gasteiger partial charge is 0.465 e. The van der Waals surface area contributed by atoms with Crippen molar-refractivity contribution in [3.63, 3.8) is 0 Å². The Morgan fingerprint density at radius 2 is 1.50 bits per heavy atom. The molecule has 1 N–H and O–H groups in total. The van der Waals surface area contributed by atoms with Gasteiger partial charge in [0.2, 0.25) is 0 Å². The third-order valence-corrected chi connectivity index (χ3v) is 7.06. The van der Waals surface area contributed by atoms with Gasteiger partial charge in [-0.2, -0.15) is 4.51 Å². The van der Waals surface area contributed by atoms with Crippen LogP contribution in [0.25, 0.3) is 0 Å². The molecule has 3 aromatic rings. The highest BCUT2D eigenvalue weighted by atomic mass is 31.2. The molecular weight excluding hydrogens is 423 g/mol. The van der Waals surface area contributed by atoms with Crippen molar-refractivity contribution in [1.29, 1.82) is 0 Å². The summed E-state index contributed by atoms with van der Waals surface area (Å²) in [6, 6.07) is 13.2. The van der Waals surface area contributed by atoms with Crippen LogP contribution >= 0.6 is 25.1 Å². The molecule has 2 unspecified atom stereocenters. The molecule has 0 aliphatic rings. The van der Waals surface area contributed by atoms with Crippen molar-refractivity contribution >= 4 is 37.0 Å². The summed E-state index contributed by atoms with van der Waals surface area (Å²) in [5, 5.41) is 0. The van der Waals surface area contributed by atoms with Gasteiger partial charge in [-0.05, 0) is 48.5 Å². The maximum absolute atomic E-state index is 11.5. The van der Waals surface area contributed by atoms with Gasteiger partial charge in [0.15, 0.2) is 14.3 Å². The first kappa shape index (κ1) is 20.0. The van der Waals surface area contributed by atoms with Crippen LogP contribution in [0.15, 0.2) is 48.5 Å². The van der Waals surface area contributed by atoms with Crippen LogP contribution in [0.5, 0.6) is 11.5 Å². The van der Waals surface area contributed by atoms with Crippen molar-refractivity contribution in [1.82, 2.24) is 13.3 Å². The minimum Gasteiger partial charge on any atom is -0.465 e. The van der Waals surface area contributed by atoms with Crippen LogP contribution in [0.3, 0.4) is 0 Å². The van der Waals surface area contributed by atoms with Gasteiger partial charge in [0.1, 0.15) is 5.75 Å². The van der Waals surface area contributed by atoms with E-state index in [-0.39, 0.29) is 8.51 Å². The Bertz CT molecular complexity index is 905. The quantitative estimate of drug-likeness (QED) is 0.575. The van der Waals surface area contributed by atoms with E-state index in [1.807, 2.05) is 0 Å². The molecule has 0 bridgehead atoms. The highest BCUT2D eigenvalue weighted by Crippen LogP contribution is 2.32. The second kappa shape index (κ2) is 9.47. The Morgan fingerprint density at radius 3 is 2.04 bits per heavy atom. The topological polar surface area (TPSA) is 105 Å². The van der Waals surface area contributed by atoms with E-state index >= 15 is 0 Å². The first-order valence-corrected chi connectivity index (χ1v) is 10.8. The first-order chi connectivity index (χ1) is 13.6. The SMILES string of the molecule is COC(=O)c1ccc(On2pn[pH][nH]p2Oc2ccc(C(=O)OC)cc2)cc1. The Morgan fingerprint density at radius 1 is 0.964 bits per heavy atom. The number of H-pyrrole nitrogens is 1. The molecule has 0 aliphatic heterocycles. The standard InChI is InChI=1S/C16H16N3O6P3/c1-22-15(20)11-3-7-13(8-4-11)24-19-27-17-26-18-28(19)25-14-9-5-12(6-10-14)16(21)23-2/h3-10,18,26H,1-2H3. The fraction of sp³-hybridized carbons (Fsp3) is 0.125. The van der Waals surface area contributed by atoms with Gasteiger partial charge in [-0.15, -0.1) is 0 Å². The number of rotatable bonds is 6. The third-order valence-electron chi connectivity index (χ3n) is 3.40. The lowest BCUT2D eigenvalue weighted by atomic mass is 10.2. The van der Waals surface area contributed by atoms with Crippen LogP contribution < -0.4 is 9.36 Å². The summed E-state index contributed by atoms with van der Waals surface area (Å²) in [4.78, 5) is 28.9. The van der Waals surface area contributed by atoms with Gasteiger partial charge in [-0.3, -0.25) is 4.51 Å². The molecule has 0 spiro atoms. The van der Waals surface area contributed by atoms with Gasteiger partial charge in [-0.1, -0.05) is 4.26 Å². The molecule has 9 nitrogen and oxygen atoms in total. The van der Waals surface area contributed by atoms with Crippen molar-refractivity contribution in [3.05, 3.63) is 59.7 Å². The van der Waals surface area contributed by atoms with Crippen LogP contribution in [0.2, 0.25) is 0 Å². The monoisotopic (exact) mass is 439 g/mol. The molecule has 146 valence electrons. The van der Waals surface area contributed by atoms with Gasteiger partial charge in [0.25, 0.3) is 8.08 Å². The third kappa shape index (κ3) is 4.96. The van der Waals surface area contributed by atoms with Crippen LogP contribution in [0.4, 0.5) is 0 Å². The van der Waals surface area contributed by atoms with E-state index in [0.29, 0.717) is 31.1 Å². The predicted molar refractivity (Wildman–Crippen MR) is 107 cm³/mol. The van der Waals surface area contributed by atoms with Crippen molar-refractivity contribution < 1.29 is 28.4 Å². The number of benzene rings is 2. The number of aromatic nitrogens is 3. The molecule has 0 amide bonds. The van der Waals surface area contributed by atoms with E-state index in [0.717, 1.165) is 0 Å². The lowest BCUT2D eigenvalue weighted by Gasteiger charge is -2.13. The average Bonchev–Trinajstić information content (AvgIpc) is 2.75. The van der Waals surface area contributed by atoms with E-state index in [9.17, 15) is 9.59 Å². The zero-order valence-electron chi connectivity index (χ0n) is 14.9. The van der Waals surface area contributed by atoms with E-state index in [1.165, 1.54) is 14.2 Å². The van der Waals surface area contributed by atoms with Gasteiger partial charge in [-0.25, -0.2) is 9.59 Å². The number of esters is 2. The molecule has 1 heterocycles. The number of ether oxygens (including phenoxy) is 2. The Kier molecular flexibility index (Phi) is 6.77. The Balaban J connectivity index is 1.76.